The molecule has 0 fully saturated rings. The predicted molar refractivity (Wildman–Crippen MR) is 120 cm³/mol. The molecule has 3 aromatic heterocycles. The minimum Gasteiger partial charge on any atom is -0.368 e. The Hall–Kier alpha value is -3.26. The van der Waals surface area contributed by atoms with Gasteiger partial charge in [0.05, 0.1) is 0 Å². The Morgan fingerprint density at radius 2 is 1.87 bits per heavy atom. The summed E-state index contributed by atoms with van der Waals surface area (Å²) in [7, 11) is 0. The van der Waals surface area contributed by atoms with E-state index in [1.165, 1.54) is 10.4 Å². The summed E-state index contributed by atoms with van der Waals surface area (Å²) in [5.74, 6) is 1.37. The maximum atomic E-state index is 12.3. The number of amides is 1. The molecular weight excluding hydrogens is 396 g/mol. The molecule has 0 unspecified atom stereocenters. The van der Waals surface area contributed by atoms with Crippen molar-refractivity contribution in [2.45, 2.75) is 33.1 Å². The first kappa shape index (κ1) is 20.0. The van der Waals surface area contributed by atoms with E-state index in [1.807, 2.05) is 43.3 Å². The number of nitrogens with one attached hydrogen (secondary N) is 2. The molecule has 0 aliphatic heterocycles. The van der Waals surface area contributed by atoms with Gasteiger partial charge in [-0.3, -0.25) is 4.79 Å². The van der Waals surface area contributed by atoms with Crippen LogP contribution in [-0.2, 0) is 17.6 Å². The summed E-state index contributed by atoms with van der Waals surface area (Å²) in [5, 5.41) is 21.3. The summed E-state index contributed by atoms with van der Waals surface area (Å²) in [6.07, 6.45) is 1.73. The van der Waals surface area contributed by atoms with Gasteiger partial charge in [0.15, 0.2) is 11.5 Å². The first-order valence-electron chi connectivity index (χ1n) is 9.93. The van der Waals surface area contributed by atoms with E-state index in [2.05, 4.69) is 44.3 Å². The Balaban J connectivity index is 1.35. The van der Waals surface area contributed by atoms with Crippen LogP contribution < -0.4 is 10.6 Å². The third kappa shape index (κ3) is 4.83. The van der Waals surface area contributed by atoms with Crippen LogP contribution in [0.1, 0.15) is 28.2 Å². The third-order valence-corrected chi connectivity index (χ3v) is 5.95. The van der Waals surface area contributed by atoms with Crippen LogP contribution in [0.25, 0.3) is 5.65 Å². The molecule has 1 aromatic carbocycles. The van der Waals surface area contributed by atoms with Crippen LogP contribution in [0.2, 0.25) is 0 Å². The van der Waals surface area contributed by atoms with Crippen molar-refractivity contribution in [3.63, 3.8) is 0 Å². The molecular formula is C22H24N6OS. The fourth-order valence-electron chi connectivity index (χ4n) is 3.13. The van der Waals surface area contributed by atoms with E-state index in [1.54, 1.807) is 15.9 Å². The van der Waals surface area contributed by atoms with Crippen LogP contribution in [0.15, 0.2) is 47.8 Å². The molecule has 154 valence electrons. The second-order valence-electron chi connectivity index (χ2n) is 7.22. The SMILES string of the molecule is Cc1ccc(NC(=O)CCc2nnc3ccc(NCCc4sccc4C)nn23)cc1. The molecule has 1 amide bonds. The summed E-state index contributed by atoms with van der Waals surface area (Å²) in [4.78, 5) is 13.7. The molecule has 0 saturated carbocycles. The van der Waals surface area contributed by atoms with Gasteiger partial charge in [-0.05, 0) is 61.5 Å². The molecule has 2 N–H and O–H groups in total. The zero-order valence-corrected chi connectivity index (χ0v) is 17.9. The highest BCUT2D eigenvalue weighted by Crippen LogP contribution is 2.16. The molecule has 7 nitrogen and oxygen atoms in total. The van der Waals surface area contributed by atoms with Gasteiger partial charge in [0.25, 0.3) is 0 Å². The number of hydrogen-bond donors (Lipinski definition) is 2. The molecule has 0 aliphatic rings. The highest BCUT2D eigenvalue weighted by molar-refractivity contribution is 7.10. The third-order valence-electron chi connectivity index (χ3n) is 4.86. The number of aromatic nitrogens is 4. The van der Waals surface area contributed by atoms with E-state index in [9.17, 15) is 4.79 Å². The quantitative estimate of drug-likeness (QED) is 0.450. The van der Waals surface area contributed by atoms with Crippen molar-refractivity contribution in [1.29, 1.82) is 0 Å². The Kier molecular flexibility index (Phi) is 6.04. The number of anilines is 2. The summed E-state index contributed by atoms with van der Waals surface area (Å²) in [6.45, 7) is 4.95. The van der Waals surface area contributed by atoms with Crippen molar-refractivity contribution in [3.05, 3.63) is 69.7 Å². The molecule has 8 heteroatoms. The molecule has 0 spiro atoms. The number of rotatable bonds is 8. The number of hydrogen-bond acceptors (Lipinski definition) is 6. The van der Waals surface area contributed by atoms with Gasteiger partial charge in [0.2, 0.25) is 5.91 Å². The van der Waals surface area contributed by atoms with E-state index in [4.69, 9.17) is 0 Å². The molecule has 0 aliphatic carbocycles. The summed E-state index contributed by atoms with van der Waals surface area (Å²) >= 11 is 1.78. The van der Waals surface area contributed by atoms with E-state index in [0.717, 1.165) is 30.0 Å². The Bertz CT molecular complexity index is 1150. The van der Waals surface area contributed by atoms with Crippen LogP contribution >= 0.6 is 11.3 Å². The average Bonchev–Trinajstić information content (AvgIpc) is 3.34. The molecule has 4 rings (SSSR count). The van der Waals surface area contributed by atoms with Crippen molar-refractivity contribution >= 4 is 34.4 Å². The first-order chi connectivity index (χ1) is 14.6. The average molecular weight is 421 g/mol. The van der Waals surface area contributed by atoms with Crippen molar-refractivity contribution in [2.24, 2.45) is 0 Å². The second kappa shape index (κ2) is 9.04. The minimum absolute atomic E-state index is 0.0591. The largest absolute Gasteiger partial charge is 0.368 e. The number of carbonyl (C=O) groups excluding carboxylic acids is 1. The molecule has 30 heavy (non-hydrogen) atoms. The van der Waals surface area contributed by atoms with Crippen LogP contribution in [0.3, 0.4) is 0 Å². The van der Waals surface area contributed by atoms with Gasteiger partial charge in [0.1, 0.15) is 5.82 Å². The highest BCUT2D eigenvalue weighted by Gasteiger charge is 2.11. The molecule has 0 radical (unpaired) electrons. The first-order valence-corrected chi connectivity index (χ1v) is 10.8. The number of benzene rings is 1. The lowest BCUT2D eigenvalue weighted by atomic mass is 10.2. The summed E-state index contributed by atoms with van der Waals surface area (Å²) < 4.78 is 1.71. The number of aryl methyl sites for hydroxylation is 3. The Morgan fingerprint density at radius 1 is 1.03 bits per heavy atom. The van der Waals surface area contributed by atoms with Gasteiger partial charge < -0.3 is 10.6 Å². The number of nitrogens with zero attached hydrogens (tertiary/aromatic N) is 4. The van der Waals surface area contributed by atoms with Gasteiger partial charge in [-0.1, -0.05) is 17.7 Å². The topological polar surface area (TPSA) is 84.2 Å². The Labute approximate surface area is 179 Å². The van der Waals surface area contributed by atoms with Gasteiger partial charge in [-0.15, -0.1) is 26.6 Å². The molecule has 0 saturated heterocycles. The smallest absolute Gasteiger partial charge is 0.224 e. The second-order valence-corrected chi connectivity index (χ2v) is 8.22. The number of carbonyl (C=O) groups is 1. The van der Waals surface area contributed by atoms with Crippen molar-refractivity contribution < 1.29 is 4.79 Å². The van der Waals surface area contributed by atoms with Crippen LogP contribution in [0.5, 0.6) is 0 Å². The maximum absolute atomic E-state index is 12.3. The van der Waals surface area contributed by atoms with E-state index >= 15 is 0 Å². The minimum atomic E-state index is -0.0591. The van der Waals surface area contributed by atoms with Gasteiger partial charge in [-0.25, -0.2) is 0 Å². The standard InChI is InChI=1S/C22H24N6OS/c1-15-3-5-17(6-4-15)24-22(29)10-9-21-26-25-20-8-7-19(27-28(20)21)23-13-11-18-16(2)12-14-30-18/h3-8,12,14H,9-11,13H2,1-2H3,(H,23,27)(H,24,29). The van der Waals surface area contributed by atoms with Gasteiger partial charge in [0, 0.05) is 30.0 Å². The maximum Gasteiger partial charge on any atom is 0.224 e. The Morgan fingerprint density at radius 3 is 2.63 bits per heavy atom. The fraction of sp³-hybridized carbons (Fsp3) is 0.273. The summed E-state index contributed by atoms with van der Waals surface area (Å²) in [5.41, 5.74) is 3.95. The van der Waals surface area contributed by atoms with Crippen LogP contribution in [0.4, 0.5) is 11.5 Å². The molecule has 3 heterocycles. The zero-order valence-electron chi connectivity index (χ0n) is 17.1. The highest BCUT2D eigenvalue weighted by atomic mass is 32.1. The van der Waals surface area contributed by atoms with Crippen molar-refractivity contribution in [1.82, 2.24) is 19.8 Å². The lowest BCUT2D eigenvalue weighted by molar-refractivity contribution is -0.116. The van der Waals surface area contributed by atoms with Gasteiger partial charge in [-0.2, -0.15) is 4.52 Å². The zero-order chi connectivity index (χ0) is 20.9. The lowest BCUT2D eigenvalue weighted by Gasteiger charge is -2.07. The van der Waals surface area contributed by atoms with Crippen LogP contribution in [-0.4, -0.2) is 32.3 Å². The predicted octanol–water partition coefficient (Wildman–Crippen LogP) is 4.03. The lowest BCUT2D eigenvalue weighted by Crippen LogP contribution is -2.14. The summed E-state index contributed by atoms with van der Waals surface area (Å²) in [6, 6.07) is 13.7. The monoisotopic (exact) mass is 420 g/mol. The van der Waals surface area contributed by atoms with E-state index in [-0.39, 0.29) is 5.91 Å². The fourth-order valence-corrected chi connectivity index (χ4v) is 4.04. The number of thiophene rings is 1. The molecule has 0 atom stereocenters. The van der Waals surface area contributed by atoms with E-state index < -0.39 is 0 Å². The van der Waals surface area contributed by atoms with Crippen molar-refractivity contribution in [3.8, 4) is 0 Å². The van der Waals surface area contributed by atoms with Crippen LogP contribution in [0, 0.1) is 13.8 Å². The number of fused-ring (bicyclic) bond motifs is 1. The van der Waals surface area contributed by atoms with Gasteiger partial charge >= 0.3 is 0 Å². The molecule has 0 bridgehead atoms. The van der Waals surface area contributed by atoms with Crippen molar-refractivity contribution in [2.75, 3.05) is 17.2 Å². The normalized spacial score (nSPS) is 11.0. The van der Waals surface area contributed by atoms with E-state index in [0.29, 0.717) is 24.3 Å². The molecule has 4 aromatic rings.